The number of thioether (sulfide) groups is 1. The van der Waals surface area contributed by atoms with Gasteiger partial charge in [-0.05, 0) is 54.4 Å². The molecule has 0 spiro atoms. The Morgan fingerprint density at radius 2 is 2.17 bits per heavy atom. The van der Waals surface area contributed by atoms with Crippen molar-refractivity contribution in [3.05, 3.63) is 52.6 Å². The number of nitriles is 1. The molecule has 0 aliphatic heterocycles. The molecule has 0 radical (unpaired) electrons. The quantitative estimate of drug-likeness (QED) is 0.915. The predicted octanol–water partition coefficient (Wildman–Crippen LogP) is 3.79. The van der Waals surface area contributed by atoms with Gasteiger partial charge < -0.3 is 9.84 Å². The van der Waals surface area contributed by atoms with E-state index >= 15 is 0 Å². The minimum atomic E-state index is -0.494. The van der Waals surface area contributed by atoms with E-state index in [1.54, 1.807) is 11.8 Å². The molecular weight excluding hydrogens is 313 g/mol. The standard InChI is InChI=1S/C18H18FNO2S/c1-10-5-14-15(3-4-16(23-2)17(14)18(10)21)22-13-7-11(9-20)6-12(19)8-13/h3,6-8,10,16,18,21H,4-5H2,1-2H3/t10-,16?,18?/m1/s1. The summed E-state index contributed by atoms with van der Waals surface area (Å²) < 4.78 is 19.4. The Kier molecular flexibility index (Phi) is 4.47. The third kappa shape index (κ3) is 3.01. The minimum Gasteiger partial charge on any atom is -0.457 e. The van der Waals surface area contributed by atoms with Crippen LogP contribution in [-0.2, 0) is 0 Å². The van der Waals surface area contributed by atoms with Gasteiger partial charge in [0.2, 0.25) is 0 Å². The smallest absolute Gasteiger partial charge is 0.131 e. The third-order valence-corrected chi connectivity index (χ3v) is 5.42. The van der Waals surface area contributed by atoms with Gasteiger partial charge in [0, 0.05) is 11.3 Å². The fourth-order valence-electron chi connectivity index (χ4n) is 3.27. The van der Waals surface area contributed by atoms with E-state index in [0.717, 1.165) is 24.0 Å². The maximum absolute atomic E-state index is 13.6. The molecule has 0 amide bonds. The summed E-state index contributed by atoms with van der Waals surface area (Å²) in [6.07, 6.45) is 5.12. The van der Waals surface area contributed by atoms with Crippen LogP contribution >= 0.6 is 11.8 Å². The Morgan fingerprint density at radius 3 is 2.87 bits per heavy atom. The van der Waals surface area contributed by atoms with Gasteiger partial charge in [-0.15, -0.1) is 0 Å². The van der Waals surface area contributed by atoms with Crippen molar-refractivity contribution < 1.29 is 14.2 Å². The lowest BCUT2D eigenvalue weighted by atomic mass is 9.96. The third-order valence-electron chi connectivity index (χ3n) is 4.41. The maximum atomic E-state index is 13.6. The van der Waals surface area contributed by atoms with Gasteiger partial charge in [-0.3, -0.25) is 0 Å². The number of allylic oxidation sites excluding steroid dienone is 2. The highest BCUT2D eigenvalue weighted by Gasteiger charge is 2.38. The lowest BCUT2D eigenvalue weighted by Crippen LogP contribution is -2.23. The minimum absolute atomic E-state index is 0.155. The molecule has 3 atom stereocenters. The summed E-state index contributed by atoms with van der Waals surface area (Å²) >= 11 is 1.72. The van der Waals surface area contributed by atoms with E-state index in [2.05, 4.69) is 0 Å². The number of halogens is 1. The summed E-state index contributed by atoms with van der Waals surface area (Å²) in [6, 6.07) is 5.91. The molecular formula is C18H18FNO2S. The lowest BCUT2D eigenvalue weighted by Gasteiger charge is -2.25. The van der Waals surface area contributed by atoms with Crippen LogP contribution in [0.25, 0.3) is 0 Å². The molecule has 0 aromatic heterocycles. The molecule has 2 aliphatic rings. The zero-order valence-corrected chi connectivity index (χ0v) is 13.9. The second kappa shape index (κ2) is 6.38. The van der Waals surface area contributed by atoms with Gasteiger partial charge in [0.1, 0.15) is 17.3 Å². The van der Waals surface area contributed by atoms with Crippen molar-refractivity contribution in [3.8, 4) is 11.8 Å². The highest BCUT2D eigenvalue weighted by atomic mass is 32.2. The molecule has 3 nitrogen and oxygen atoms in total. The van der Waals surface area contributed by atoms with Crippen molar-refractivity contribution in [1.82, 2.24) is 0 Å². The molecule has 23 heavy (non-hydrogen) atoms. The first-order valence-corrected chi connectivity index (χ1v) is 8.85. The monoisotopic (exact) mass is 331 g/mol. The van der Waals surface area contributed by atoms with Gasteiger partial charge in [0.15, 0.2) is 0 Å². The summed E-state index contributed by atoms with van der Waals surface area (Å²) in [6.45, 7) is 2.02. The van der Waals surface area contributed by atoms with Crippen LogP contribution in [0.5, 0.6) is 5.75 Å². The molecule has 1 N–H and O–H groups in total. The molecule has 1 aromatic carbocycles. The number of aliphatic hydroxyl groups excluding tert-OH is 1. The summed E-state index contributed by atoms with van der Waals surface area (Å²) in [7, 11) is 0. The molecule has 0 bridgehead atoms. The topological polar surface area (TPSA) is 53.2 Å². The molecule has 2 aliphatic carbocycles. The molecule has 5 heteroatoms. The molecule has 0 heterocycles. The summed E-state index contributed by atoms with van der Waals surface area (Å²) in [5, 5.41) is 19.7. The molecule has 0 fully saturated rings. The fourth-order valence-corrected chi connectivity index (χ4v) is 4.09. The zero-order valence-electron chi connectivity index (χ0n) is 13.0. The molecule has 0 saturated carbocycles. The number of aliphatic hydroxyl groups is 1. The molecule has 2 unspecified atom stereocenters. The van der Waals surface area contributed by atoms with Crippen LogP contribution in [0, 0.1) is 23.1 Å². The van der Waals surface area contributed by atoms with Crippen molar-refractivity contribution in [3.63, 3.8) is 0 Å². The van der Waals surface area contributed by atoms with Crippen LogP contribution in [0.15, 0.2) is 41.2 Å². The summed E-state index contributed by atoms with van der Waals surface area (Å²) in [5.41, 5.74) is 2.30. The van der Waals surface area contributed by atoms with E-state index in [1.807, 2.05) is 25.3 Å². The van der Waals surface area contributed by atoms with E-state index in [1.165, 1.54) is 18.2 Å². The highest BCUT2D eigenvalue weighted by molar-refractivity contribution is 7.99. The largest absolute Gasteiger partial charge is 0.457 e. The first-order valence-electron chi connectivity index (χ1n) is 7.56. The summed E-state index contributed by atoms with van der Waals surface area (Å²) in [4.78, 5) is 0. The average molecular weight is 331 g/mol. The fraction of sp³-hybridized carbons (Fsp3) is 0.389. The second-order valence-corrected chi connectivity index (χ2v) is 7.02. The first kappa shape index (κ1) is 16.1. The number of benzene rings is 1. The van der Waals surface area contributed by atoms with E-state index in [-0.39, 0.29) is 16.7 Å². The number of hydrogen-bond donors (Lipinski definition) is 1. The number of ether oxygens (including phenoxy) is 1. The maximum Gasteiger partial charge on any atom is 0.131 e. The van der Waals surface area contributed by atoms with Crippen LogP contribution in [0.4, 0.5) is 4.39 Å². The lowest BCUT2D eigenvalue weighted by molar-refractivity contribution is 0.162. The van der Waals surface area contributed by atoms with Gasteiger partial charge in [0.05, 0.1) is 17.7 Å². The molecule has 0 saturated heterocycles. The van der Waals surface area contributed by atoms with Gasteiger partial charge in [-0.25, -0.2) is 4.39 Å². The van der Waals surface area contributed by atoms with Crippen molar-refractivity contribution in [2.45, 2.75) is 31.1 Å². The Morgan fingerprint density at radius 1 is 1.39 bits per heavy atom. The van der Waals surface area contributed by atoms with Gasteiger partial charge >= 0.3 is 0 Å². The van der Waals surface area contributed by atoms with Crippen LogP contribution in [0.3, 0.4) is 0 Å². The molecule has 1 aromatic rings. The second-order valence-electron chi connectivity index (χ2n) is 5.98. The molecule has 3 rings (SSSR count). The van der Waals surface area contributed by atoms with Crippen LogP contribution < -0.4 is 4.74 Å². The van der Waals surface area contributed by atoms with Crippen LogP contribution in [0.2, 0.25) is 0 Å². The first-order chi connectivity index (χ1) is 11.0. The van der Waals surface area contributed by atoms with Crippen molar-refractivity contribution in [2.75, 3.05) is 6.26 Å². The van der Waals surface area contributed by atoms with Gasteiger partial charge in [0.25, 0.3) is 0 Å². The van der Waals surface area contributed by atoms with Crippen LogP contribution in [0.1, 0.15) is 25.3 Å². The van der Waals surface area contributed by atoms with E-state index < -0.39 is 11.9 Å². The van der Waals surface area contributed by atoms with E-state index in [9.17, 15) is 9.50 Å². The Bertz CT molecular complexity index is 735. The zero-order chi connectivity index (χ0) is 16.6. The average Bonchev–Trinajstić information content (AvgIpc) is 2.83. The SMILES string of the molecule is CSC1CC=C(Oc2cc(F)cc(C#N)c2)C2=C1C(O)[C@H](C)C2. The predicted molar refractivity (Wildman–Crippen MR) is 88.6 cm³/mol. The Hall–Kier alpha value is -1.77. The van der Waals surface area contributed by atoms with Gasteiger partial charge in [-0.1, -0.05) is 6.92 Å². The van der Waals surface area contributed by atoms with Crippen molar-refractivity contribution in [2.24, 2.45) is 5.92 Å². The number of rotatable bonds is 3. The Balaban J connectivity index is 1.92. The van der Waals surface area contributed by atoms with Gasteiger partial charge in [-0.2, -0.15) is 17.0 Å². The number of hydrogen-bond acceptors (Lipinski definition) is 4. The van der Waals surface area contributed by atoms with Crippen LogP contribution in [-0.4, -0.2) is 22.7 Å². The normalized spacial score (nSPS) is 26.6. The van der Waals surface area contributed by atoms with Crippen molar-refractivity contribution in [1.29, 1.82) is 5.26 Å². The highest BCUT2D eigenvalue weighted by Crippen LogP contribution is 2.44. The van der Waals surface area contributed by atoms with Crippen molar-refractivity contribution >= 4 is 11.8 Å². The van der Waals surface area contributed by atoms with E-state index in [4.69, 9.17) is 10.00 Å². The number of nitrogens with zero attached hydrogens (tertiary/aromatic N) is 1. The Labute approximate surface area is 139 Å². The summed E-state index contributed by atoms with van der Waals surface area (Å²) in [5.74, 6) is 0.660. The molecule has 120 valence electrons. The van der Waals surface area contributed by atoms with E-state index in [0.29, 0.717) is 11.5 Å².